The van der Waals surface area contributed by atoms with Crippen LogP contribution >= 0.6 is 15.9 Å². The third-order valence-corrected chi connectivity index (χ3v) is 3.78. The first-order valence-corrected chi connectivity index (χ1v) is 6.06. The Labute approximate surface area is 103 Å². The van der Waals surface area contributed by atoms with Gasteiger partial charge in [0.1, 0.15) is 5.75 Å². The summed E-state index contributed by atoms with van der Waals surface area (Å²) < 4.78 is 6.09. The van der Waals surface area contributed by atoms with Crippen molar-refractivity contribution in [2.75, 3.05) is 12.4 Å². The summed E-state index contributed by atoms with van der Waals surface area (Å²) in [4.78, 5) is 11.6. The summed E-state index contributed by atoms with van der Waals surface area (Å²) >= 11 is 3.48. The van der Waals surface area contributed by atoms with Gasteiger partial charge >= 0.3 is 0 Å². The van der Waals surface area contributed by atoms with Gasteiger partial charge in [0, 0.05) is 16.0 Å². The van der Waals surface area contributed by atoms with Crippen molar-refractivity contribution in [3.05, 3.63) is 22.2 Å². The molecule has 0 radical (unpaired) electrons. The molecule has 0 unspecified atom stereocenters. The third kappa shape index (κ3) is 2.21. The van der Waals surface area contributed by atoms with Gasteiger partial charge in [0.2, 0.25) is 5.91 Å². The molecule has 1 amide bonds. The second kappa shape index (κ2) is 4.45. The minimum Gasteiger partial charge on any atom is -0.496 e. The van der Waals surface area contributed by atoms with E-state index in [0.29, 0.717) is 0 Å². The van der Waals surface area contributed by atoms with Gasteiger partial charge in [-0.25, -0.2) is 0 Å². The van der Waals surface area contributed by atoms with Crippen molar-refractivity contribution in [2.24, 2.45) is 5.92 Å². The minimum atomic E-state index is 0.116. The summed E-state index contributed by atoms with van der Waals surface area (Å²) in [6.07, 6.45) is 2.02. The topological polar surface area (TPSA) is 38.3 Å². The predicted molar refractivity (Wildman–Crippen MR) is 66.8 cm³/mol. The number of benzene rings is 1. The number of methoxy groups -OCH3 is 1. The number of halogens is 1. The maximum Gasteiger partial charge on any atom is 0.227 e. The molecule has 1 aromatic rings. The van der Waals surface area contributed by atoms with E-state index in [4.69, 9.17) is 4.74 Å². The first-order chi connectivity index (χ1) is 7.63. The highest BCUT2D eigenvalue weighted by Crippen LogP contribution is 2.35. The smallest absolute Gasteiger partial charge is 0.227 e. The first kappa shape index (κ1) is 11.5. The fourth-order valence-electron chi connectivity index (χ4n) is 1.57. The lowest BCUT2D eigenvalue weighted by Crippen LogP contribution is -2.13. The number of nitrogens with one attached hydrogen (secondary N) is 1. The number of anilines is 1. The highest BCUT2D eigenvalue weighted by molar-refractivity contribution is 9.10. The standard InChI is InChI=1S/C12H14BrNO2/c1-7-10(16-2)6-5-9(11(7)13)14-12(15)8-3-4-8/h5-6,8H,3-4H2,1-2H3,(H,14,15). The number of ether oxygens (including phenoxy) is 1. The zero-order valence-corrected chi connectivity index (χ0v) is 10.9. The van der Waals surface area contributed by atoms with Crippen molar-refractivity contribution in [3.63, 3.8) is 0 Å². The lowest BCUT2D eigenvalue weighted by molar-refractivity contribution is -0.117. The van der Waals surface area contributed by atoms with E-state index < -0.39 is 0 Å². The molecule has 1 aliphatic carbocycles. The molecule has 0 aliphatic heterocycles. The molecule has 86 valence electrons. The van der Waals surface area contributed by atoms with Gasteiger partial charge in [-0.2, -0.15) is 0 Å². The van der Waals surface area contributed by atoms with Gasteiger partial charge < -0.3 is 10.1 Å². The van der Waals surface area contributed by atoms with E-state index >= 15 is 0 Å². The van der Waals surface area contributed by atoms with Crippen molar-refractivity contribution in [1.82, 2.24) is 0 Å². The Morgan fingerprint density at radius 1 is 1.50 bits per heavy atom. The summed E-state index contributed by atoms with van der Waals surface area (Å²) in [6.45, 7) is 1.95. The number of rotatable bonds is 3. The highest BCUT2D eigenvalue weighted by Gasteiger charge is 2.30. The maximum atomic E-state index is 11.6. The molecule has 1 fully saturated rings. The SMILES string of the molecule is COc1ccc(NC(=O)C2CC2)c(Br)c1C. The summed E-state index contributed by atoms with van der Waals surface area (Å²) in [7, 11) is 1.64. The zero-order valence-electron chi connectivity index (χ0n) is 9.34. The van der Waals surface area contributed by atoms with Crippen LogP contribution in [-0.4, -0.2) is 13.0 Å². The molecular formula is C12H14BrNO2. The molecule has 0 atom stereocenters. The van der Waals surface area contributed by atoms with Gasteiger partial charge in [0.15, 0.2) is 0 Å². The molecule has 0 aromatic heterocycles. The Balaban J connectivity index is 2.21. The van der Waals surface area contributed by atoms with E-state index in [0.717, 1.165) is 34.3 Å². The molecule has 3 nitrogen and oxygen atoms in total. The van der Waals surface area contributed by atoms with Crippen LogP contribution < -0.4 is 10.1 Å². The molecule has 0 heterocycles. The van der Waals surface area contributed by atoms with Gasteiger partial charge in [-0.05, 0) is 47.8 Å². The van der Waals surface area contributed by atoms with Gasteiger partial charge in [-0.1, -0.05) is 0 Å². The summed E-state index contributed by atoms with van der Waals surface area (Å²) in [6, 6.07) is 3.72. The average Bonchev–Trinajstić information content (AvgIpc) is 3.09. The van der Waals surface area contributed by atoms with Crippen LogP contribution in [0.3, 0.4) is 0 Å². The number of hydrogen-bond acceptors (Lipinski definition) is 2. The molecule has 1 saturated carbocycles. The Morgan fingerprint density at radius 3 is 2.75 bits per heavy atom. The van der Waals surface area contributed by atoms with E-state index in [9.17, 15) is 4.79 Å². The normalized spacial score (nSPS) is 14.7. The summed E-state index contributed by atoms with van der Waals surface area (Å²) in [5.74, 6) is 1.15. The fraction of sp³-hybridized carbons (Fsp3) is 0.417. The van der Waals surface area contributed by atoms with Crippen molar-refractivity contribution >= 4 is 27.5 Å². The van der Waals surface area contributed by atoms with E-state index in [-0.39, 0.29) is 11.8 Å². The fourth-order valence-corrected chi connectivity index (χ4v) is 1.99. The first-order valence-electron chi connectivity index (χ1n) is 5.27. The lowest BCUT2D eigenvalue weighted by Gasteiger charge is -2.12. The molecule has 0 spiro atoms. The van der Waals surface area contributed by atoms with Crippen LogP contribution in [0.25, 0.3) is 0 Å². The lowest BCUT2D eigenvalue weighted by atomic mass is 10.2. The minimum absolute atomic E-state index is 0.116. The largest absolute Gasteiger partial charge is 0.496 e. The van der Waals surface area contributed by atoms with Crippen LogP contribution in [0.5, 0.6) is 5.75 Å². The molecule has 1 N–H and O–H groups in total. The highest BCUT2D eigenvalue weighted by atomic mass is 79.9. The Morgan fingerprint density at radius 2 is 2.19 bits per heavy atom. The van der Waals surface area contributed by atoms with Crippen LogP contribution in [-0.2, 0) is 4.79 Å². The summed E-state index contributed by atoms with van der Waals surface area (Å²) in [5.41, 5.74) is 1.81. The van der Waals surface area contributed by atoms with Crippen molar-refractivity contribution in [2.45, 2.75) is 19.8 Å². The molecule has 2 rings (SSSR count). The molecule has 1 aliphatic rings. The predicted octanol–water partition coefficient (Wildman–Crippen LogP) is 3.11. The molecule has 0 saturated heterocycles. The van der Waals surface area contributed by atoms with Gasteiger partial charge in [-0.15, -0.1) is 0 Å². The van der Waals surface area contributed by atoms with Crippen molar-refractivity contribution in [1.29, 1.82) is 0 Å². The van der Waals surface area contributed by atoms with Gasteiger partial charge in [-0.3, -0.25) is 4.79 Å². The Bertz CT molecular complexity index is 427. The molecule has 0 bridgehead atoms. The van der Waals surface area contributed by atoms with Crippen LogP contribution in [0.1, 0.15) is 18.4 Å². The van der Waals surface area contributed by atoms with Crippen LogP contribution in [0.2, 0.25) is 0 Å². The summed E-state index contributed by atoms with van der Waals surface area (Å²) in [5, 5.41) is 2.92. The van der Waals surface area contributed by atoms with Crippen LogP contribution in [0, 0.1) is 12.8 Å². The third-order valence-electron chi connectivity index (χ3n) is 2.76. The second-order valence-corrected chi connectivity index (χ2v) is 4.81. The molecule has 1 aromatic carbocycles. The number of carbonyl (C=O) groups excluding carboxylic acids is 1. The zero-order chi connectivity index (χ0) is 11.7. The van der Waals surface area contributed by atoms with E-state index in [1.54, 1.807) is 7.11 Å². The van der Waals surface area contributed by atoms with Crippen molar-refractivity contribution < 1.29 is 9.53 Å². The quantitative estimate of drug-likeness (QED) is 0.926. The maximum absolute atomic E-state index is 11.6. The average molecular weight is 284 g/mol. The number of amides is 1. The molecular weight excluding hydrogens is 270 g/mol. The Kier molecular flexibility index (Phi) is 3.19. The van der Waals surface area contributed by atoms with Crippen LogP contribution in [0.4, 0.5) is 5.69 Å². The molecule has 16 heavy (non-hydrogen) atoms. The Hall–Kier alpha value is -1.03. The van der Waals surface area contributed by atoms with Crippen LogP contribution in [0.15, 0.2) is 16.6 Å². The monoisotopic (exact) mass is 283 g/mol. The second-order valence-electron chi connectivity index (χ2n) is 4.02. The van der Waals surface area contributed by atoms with E-state index in [1.807, 2.05) is 19.1 Å². The number of hydrogen-bond donors (Lipinski definition) is 1. The van der Waals surface area contributed by atoms with Crippen molar-refractivity contribution in [3.8, 4) is 5.75 Å². The van der Waals surface area contributed by atoms with E-state index in [1.165, 1.54) is 0 Å². The van der Waals surface area contributed by atoms with E-state index in [2.05, 4.69) is 21.2 Å². The molecule has 4 heteroatoms. The number of carbonyl (C=O) groups is 1. The van der Waals surface area contributed by atoms with Gasteiger partial charge in [0.25, 0.3) is 0 Å². The van der Waals surface area contributed by atoms with Gasteiger partial charge in [0.05, 0.1) is 12.8 Å².